The normalized spacial score (nSPS) is 49.1. The molecule has 12 atom stereocenters. The van der Waals surface area contributed by atoms with E-state index in [-0.39, 0.29) is 41.7 Å². The molecule has 0 unspecified atom stereocenters. The van der Waals surface area contributed by atoms with Gasteiger partial charge in [0.15, 0.2) is 6.29 Å². The molecule has 4 saturated carbocycles. The Morgan fingerprint density at radius 1 is 1.07 bits per heavy atom. The highest BCUT2D eigenvalue weighted by Gasteiger charge is 2.71. The molecule has 5 aliphatic carbocycles. The highest BCUT2D eigenvalue weighted by molar-refractivity contribution is 5.85. The summed E-state index contributed by atoms with van der Waals surface area (Å²) in [7, 11) is 0. The molecular formula is C37H55NO8. The zero-order valence-corrected chi connectivity index (χ0v) is 27.7. The lowest BCUT2D eigenvalue weighted by Crippen LogP contribution is -2.69. The van der Waals surface area contributed by atoms with E-state index in [1.165, 1.54) is 18.4 Å². The van der Waals surface area contributed by atoms with Gasteiger partial charge in [-0.1, -0.05) is 18.6 Å². The van der Waals surface area contributed by atoms with Crippen molar-refractivity contribution in [1.29, 1.82) is 0 Å². The van der Waals surface area contributed by atoms with Gasteiger partial charge in [0.1, 0.15) is 12.7 Å². The van der Waals surface area contributed by atoms with Crippen molar-refractivity contribution in [1.82, 2.24) is 0 Å². The Hall–Kier alpha value is -1.62. The number of ether oxygens (including phenoxy) is 3. The van der Waals surface area contributed by atoms with Gasteiger partial charge in [-0.3, -0.25) is 4.99 Å². The number of aliphatic hydroxyl groups excluding tert-OH is 2. The van der Waals surface area contributed by atoms with E-state index < -0.39 is 41.2 Å². The molecule has 0 aromatic carbocycles. The molecule has 0 bridgehead atoms. The van der Waals surface area contributed by atoms with Crippen molar-refractivity contribution < 1.29 is 39.4 Å². The zero-order valence-electron chi connectivity index (χ0n) is 27.7. The fourth-order valence-electron chi connectivity index (χ4n) is 11.4. The summed E-state index contributed by atoms with van der Waals surface area (Å²) in [4.78, 5) is 17.1. The topological polar surface area (TPSA) is 138 Å². The molecule has 0 aromatic rings. The summed E-state index contributed by atoms with van der Waals surface area (Å²) in [6.07, 6.45) is 15.3. The number of carbonyl (C=O) groups excluding carboxylic acids is 1. The van der Waals surface area contributed by atoms with Gasteiger partial charge in [0.05, 0.1) is 29.5 Å². The molecule has 9 heteroatoms. The highest BCUT2D eigenvalue weighted by Crippen LogP contribution is 2.70. The van der Waals surface area contributed by atoms with Crippen LogP contribution in [0.5, 0.6) is 0 Å². The van der Waals surface area contributed by atoms with E-state index in [9.17, 15) is 25.2 Å². The molecule has 2 aliphatic heterocycles. The third kappa shape index (κ3) is 5.36. The van der Waals surface area contributed by atoms with Crippen LogP contribution in [0.1, 0.15) is 110 Å². The van der Waals surface area contributed by atoms with E-state index in [1.54, 1.807) is 13.0 Å². The molecule has 5 fully saturated rings. The highest BCUT2D eigenvalue weighted by atomic mass is 16.7. The van der Waals surface area contributed by atoms with Crippen molar-refractivity contribution >= 4 is 12.2 Å². The number of aliphatic hydroxyl groups is 4. The Balaban J connectivity index is 1.15. The summed E-state index contributed by atoms with van der Waals surface area (Å²) < 4.78 is 17.6. The third-order valence-corrected chi connectivity index (χ3v) is 13.9. The smallest absolute Gasteiger partial charge is 0.331 e. The molecule has 4 N–H and O–H groups in total. The largest absolute Gasteiger partial charge is 0.458 e. The molecule has 0 amide bonds. The summed E-state index contributed by atoms with van der Waals surface area (Å²) in [5.74, 6) is -0.0448. The number of nitrogens with zero attached hydrogens (tertiary/aromatic N) is 1. The first-order chi connectivity index (χ1) is 22.0. The first-order valence-electron chi connectivity index (χ1n) is 18.2. The molecule has 0 aromatic heterocycles. The van der Waals surface area contributed by atoms with Crippen LogP contribution in [0.25, 0.3) is 0 Å². The van der Waals surface area contributed by atoms with Crippen LogP contribution in [-0.4, -0.2) is 87.7 Å². The van der Waals surface area contributed by atoms with Crippen LogP contribution in [-0.2, 0) is 19.0 Å². The first-order valence-corrected chi connectivity index (χ1v) is 18.2. The predicted molar refractivity (Wildman–Crippen MR) is 172 cm³/mol. The maximum Gasteiger partial charge on any atom is 0.331 e. The van der Waals surface area contributed by atoms with Crippen molar-refractivity contribution in [2.45, 2.75) is 152 Å². The SMILES string of the molecule is C[C@@H]1O[C@H](O[C@H]2CC[C@]3(C=NCCC4=CCCCC4)[C@H]4CC[C@]5(C)[C@H](C6=CC(=O)OC6)CC[C@]5(O)[C@@H]4CC[C@]3(O)C2)C[C@H](O)[C@H]1O. The second-order valence-electron chi connectivity index (χ2n) is 16.1. The van der Waals surface area contributed by atoms with E-state index in [0.29, 0.717) is 38.8 Å². The quantitative estimate of drug-likeness (QED) is 0.138. The average Bonchev–Trinajstić information content (AvgIpc) is 3.58. The van der Waals surface area contributed by atoms with Gasteiger partial charge in [0.25, 0.3) is 0 Å². The molecule has 46 heavy (non-hydrogen) atoms. The monoisotopic (exact) mass is 641 g/mol. The number of hydrogen-bond donors (Lipinski definition) is 4. The van der Waals surface area contributed by atoms with Crippen molar-refractivity contribution in [2.75, 3.05) is 13.2 Å². The molecule has 2 heterocycles. The predicted octanol–water partition coefficient (Wildman–Crippen LogP) is 4.54. The van der Waals surface area contributed by atoms with E-state index in [4.69, 9.17) is 19.2 Å². The van der Waals surface area contributed by atoms with Gasteiger partial charge in [-0.05, 0) is 114 Å². The van der Waals surface area contributed by atoms with Crippen molar-refractivity contribution in [3.63, 3.8) is 0 Å². The maximum atomic E-state index is 12.8. The van der Waals surface area contributed by atoms with E-state index in [0.717, 1.165) is 56.9 Å². The number of fused-ring (bicyclic) bond motifs is 5. The van der Waals surface area contributed by atoms with Crippen LogP contribution < -0.4 is 0 Å². The Morgan fingerprint density at radius 2 is 1.89 bits per heavy atom. The van der Waals surface area contributed by atoms with Gasteiger partial charge < -0.3 is 34.6 Å². The summed E-state index contributed by atoms with van der Waals surface area (Å²) in [6.45, 7) is 5.01. The Kier molecular flexibility index (Phi) is 8.84. The second kappa shape index (κ2) is 12.4. The summed E-state index contributed by atoms with van der Waals surface area (Å²) in [5, 5.41) is 46.0. The van der Waals surface area contributed by atoms with Gasteiger partial charge in [-0.25, -0.2) is 4.79 Å². The maximum absolute atomic E-state index is 12.8. The van der Waals surface area contributed by atoms with Crippen LogP contribution in [0.2, 0.25) is 0 Å². The van der Waals surface area contributed by atoms with E-state index in [2.05, 4.69) is 19.2 Å². The number of cyclic esters (lactones) is 1. The van der Waals surface area contributed by atoms with Gasteiger partial charge in [0.2, 0.25) is 0 Å². The van der Waals surface area contributed by atoms with Crippen LogP contribution in [0.15, 0.2) is 28.3 Å². The van der Waals surface area contributed by atoms with Crippen LogP contribution in [0.3, 0.4) is 0 Å². The number of aliphatic imine (C=N–C) groups is 1. The number of hydrogen-bond acceptors (Lipinski definition) is 9. The molecular weight excluding hydrogens is 586 g/mol. The Labute approximate surface area is 273 Å². The molecule has 0 spiro atoms. The first kappa shape index (κ1) is 32.9. The van der Waals surface area contributed by atoms with Crippen molar-refractivity contribution in [3.8, 4) is 0 Å². The lowest BCUT2D eigenvalue weighted by atomic mass is 9.41. The Morgan fingerprint density at radius 3 is 2.63 bits per heavy atom. The minimum Gasteiger partial charge on any atom is -0.458 e. The third-order valence-electron chi connectivity index (χ3n) is 13.9. The number of allylic oxidation sites excluding steroid dienone is 1. The lowest BCUT2D eigenvalue weighted by Gasteiger charge is -2.66. The molecule has 9 nitrogen and oxygen atoms in total. The van der Waals surface area contributed by atoms with Crippen molar-refractivity contribution in [3.05, 3.63) is 23.3 Å². The zero-order chi connectivity index (χ0) is 32.3. The standard InChI is InChI=1S/C37H55NO8/c1-23-33(41)30(39)19-32(45-23)46-26-8-14-35(22-38-17-12-24-6-4-3-5-7-24)28-9-13-34(2)27(25-18-31(40)44-21-25)11-16-37(34,43)29(28)10-15-36(35,42)20-26/h6,18,22-23,26-30,32-33,39,41-43H,3-5,7-17,19-21H2,1-2H3/t23-,26-,27-,28-,29+,30-,32+,33-,34+,35-,36-,37-/m0/s1. The second-order valence-corrected chi connectivity index (χ2v) is 16.1. The Bertz CT molecular complexity index is 1250. The van der Waals surface area contributed by atoms with Crippen LogP contribution in [0.4, 0.5) is 0 Å². The minimum absolute atomic E-state index is 0.0271. The molecule has 256 valence electrons. The van der Waals surface area contributed by atoms with Crippen molar-refractivity contribution in [2.24, 2.45) is 33.6 Å². The molecule has 7 rings (SSSR count). The van der Waals surface area contributed by atoms with Gasteiger partial charge in [-0.2, -0.15) is 0 Å². The van der Waals surface area contributed by atoms with Gasteiger partial charge in [-0.15, -0.1) is 0 Å². The summed E-state index contributed by atoms with van der Waals surface area (Å²) >= 11 is 0. The summed E-state index contributed by atoms with van der Waals surface area (Å²) in [5.41, 5.74) is -0.341. The number of esters is 1. The van der Waals surface area contributed by atoms with E-state index >= 15 is 0 Å². The van der Waals surface area contributed by atoms with Gasteiger partial charge in [0, 0.05) is 42.5 Å². The summed E-state index contributed by atoms with van der Waals surface area (Å²) in [6, 6.07) is 0. The van der Waals surface area contributed by atoms with Gasteiger partial charge >= 0.3 is 5.97 Å². The van der Waals surface area contributed by atoms with E-state index in [1.807, 2.05) is 0 Å². The molecule has 0 radical (unpaired) electrons. The fourth-order valence-corrected chi connectivity index (χ4v) is 11.4. The van der Waals surface area contributed by atoms with Crippen LogP contribution >= 0.6 is 0 Å². The number of rotatable bonds is 7. The number of carbonyl (C=O) groups is 1. The fraction of sp³-hybridized carbons (Fsp3) is 0.838. The average molecular weight is 642 g/mol. The minimum atomic E-state index is -1.04. The molecule has 7 aliphatic rings. The van der Waals surface area contributed by atoms with Crippen LogP contribution in [0, 0.1) is 28.6 Å². The molecule has 1 saturated heterocycles. The lowest BCUT2D eigenvalue weighted by molar-refractivity contribution is -0.282.